The van der Waals surface area contributed by atoms with E-state index in [4.69, 9.17) is 0 Å². The van der Waals surface area contributed by atoms with Gasteiger partial charge in [-0.15, -0.1) is 0 Å². The molecule has 1 aromatic rings. The zero-order chi connectivity index (χ0) is 11.9. The first-order valence-corrected chi connectivity index (χ1v) is 5.97. The van der Waals surface area contributed by atoms with E-state index in [1.807, 2.05) is 13.8 Å². The molecule has 0 spiro atoms. The zero-order valence-corrected chi connectivity index (χ0v) is 10.6. The Morgan fingerprint density at radius 1 is 1.31 bits per heavy atom. The number of hydrogen-bond donors (Lipinski definition) is 2. The fourth-order valence-corrected chi connectivity index (χ4v) is 2.46. The summed E-state index contributed by atoms with van der Waals surface area (Å²) >= 11 is 0. The maximum atomic E-state index is 9.96. The number of benzene rings is 1. The van der Waals surface area contributed by atoms with Crippen molar-refractivity contribution in [2.24, 2.45) is 0 Å². The number of aromatic hydroxyl groups is 1. The van der Waals surface area contributed by atoms with Crippen molar-refractivity contribution in [2.75, 3.05) is 0 Å². The molecule has 1 aliphatic rings. The Morgan fingerprint density at radius 2 is 2.00 bits per heavy atom. The van der Waals surface area contributed by atoms with Gasteiger partial charge in [-0.2, -0.15) is 0 Å². The summed E-state index contributed by atoms with van der Waals surface area (Å²) in [4.78, 5) is 0. The third-order valence-corrected chi connectivity index (χ3v) is 3.72. The normalized spacial score (nSPS) is 19.0. The lowest BCUT2D eigenvalue weighted by atomic mass is 9.92. The van der Waals surface area contributed by atoms with E-state index in [1.165, 1.54) is 11.1 Å². The Hall–Kier alpha value is -1.02. The maximum Gasteiger partial charge on any atom is 0.121 e. The Labute approximate surface area is 97.7 Å². The smallest absolute Gasteiger partial charge is 0.121 e. The van der Waals surface area contributed by atoms with Gasteiger partial charge in [0, 0.05) is 12.1 Å². The lowest BCUT2D eigenvalue weighted by molar-refractivity contribution is 0.372. The summed E-state index contributed by atoms with van der Waals surface area (Å²) in [6.07, 6.45) is 2.17. The van der Waals surface area contributed by atoms with Crippen LogP contribution in [0.2, 0.25) is 0 Å². The number of hydrogen-bond acceptors (Lipinski definition) is 2. The van der Waals surface area contributed by atoms with E-state index in [-0.39, 0.29) is 5.54 Å². The van der Waals surface area contributed by atoms with Crippen LogP contribution < -0.4 is 5.32 Å². The molecule has 0 bridgehead atoms. The molecular weight excluding hydrogens is 198 g/mol. The molecule has 0 amide bonds. The number of nitrogens with one attached hydrogen (secondary N) is 1. The highest BCUT2D eigenvalue weighted by atomic mass is 16.3. The quantitative estimate of drug-likeness (QED) is 0.703. The molecule has 0 aliphatic carbocycles. The molecule has 2 nitrogen and oxygen atoms in total. The molecule has 0 saturated heterocycles. The molecule has 0 aromatic heterocycles. The Bertz CT molecular complexity index is 421. The molecule has 0 fully saturated rings. The predicted molar refractivity (Wildman–Crippen MR) is 66.8 cm³/mol. The van der Waals surface area contributed by atoms with Gasteiger partial charge in [0.15, 0.2) is 0 Å². The van der Waals surface area contributed by atoms with E-state index in [0.717, 1.165) is 30.5 Å². The minimum atomic E-state index is 0.189. The summed E-state index contributed by atoms with van der Waals surface area (Å²) in [7, 11) is 0. The fraction of sp³-hybridized carbons (Fsp3) is 0.571. The van der Waals surface area contributed by atoms with Crippen molar-refractivity contribution in [1.82, 2.24) is 5.32 Å². The summed E-state index contributed by atoms with van der Waals surface area (Å²) < 4.78 is 0. The molecule has 2 heteroatoms. The van der Waals surface area contributed by atoms with Gasteiger partial charge in [-0.3, -0.25) is 0 Å². The average molecular weight is 219 g/mol. The number of phenolic OH excluding ortho intramolecular Hbond substituents is 1. The summed E-state index contributed by atoms with van der Waals surface area (Å²) in [5.41, 5.74) is 4.92. The van der Waals surface area contributed by atoms with Gasteiger partial charge in [0.25, 0.3) is 0 Å². The first-order chi connectivity index (χ1) is 7.41. The molecule has 88 valence electrons. The van der Waals surface area contributed by atoms with Gasteiger partial charge in [0.1, 0.15) is 5.75 Å². The van der Waals surface area contributed by atoms with Gasteiger partial charge < -0.3 is 10.4 Å². The summed E-state index contributed by atoms with van der Waals surface area (Å²) in [5, 5.41) is 13.5. The van der Waals surface area contributed by atoms with E-state index in [2.05, 4.69) is 25.2 Å². The van der Waals surface area contributed by atoms with E-state index in [1.54, 1.807) is 0 Å². The van der Waals surface area contributed by atoms with Gasteiger partial charge in [-0.05, 0) is 62.8 Å². The topological polar surface area (TPSA) is 32.3 Å². The van der Waals surface area contributed by atoms with E-state index >= 15 is 0 Å². The first kappa shape index (κ1) is 11.5. The van der Waals surface area contributed by atoms with Crippen molar-refractivity contribution in [3.05, 3.63) is 28.3 Å². The SMILES string of the molecule is Cc1cc2c(c(C)c1O)CCC(C)(C)NC2. The van der Waals surface area contributed by atoms with Crippen LogP contribution in [0.5, 0.6) is 5.75 Å². The summed E-state index contributed by atoms with van der Waals surface area (Å²) in [5.74, 6) is 0.471. The van der Waals surface area contributed by atoms with E-state index in [0.29, 0.717) is 5.75 Å². The first-order valence-electron chi connectivity index (χ1n) is 5.97. The molecule has 1 aliphatic heterocycles. The molecule has 1 heterocycles. The largest absolute Gasteiger partial charge is 0.507 e. The van der Waals surface area contributed by atoms with E-state index < -0.39 is 0 Å². The van der Waals surface area contributed by atoms with Crippen molar-refractivity contribution in [1.29, 1.82) is 0 Å². The van der Waals surface area contributed by atoms with Crippen molar-refractivity contribution >= 4 is 0 Å². The second kappa shape index (κ2) is 3.77. The van der Waals surface area contributed by atoms with Gasteiger partial charge in [-0.1, -0.05) is 6.07 Å². The van der Waals surface area contributed by atoms with Gasteiger partial charge >= 0.3 is 0 Å². The van der Waals surface area contributed by atoms with Crippen LogP contribution in [0.15, 0.2) is 6.07 Å². The number of fused-ring (bicyclic) bond motifs is 1. The van der Waals surface area contributed by atoms with Crippen molar-refractivity contribution in [2.45, 2.75) is 52.6 Å². The van der Waals surface area contributed by atoms with E-state index in [9.17, 15) is 5.11 Å². The van der Waals surface area contributed by atoms with Crippen LogP contribution >= 0.6 is 0 Å². The highest BCUT2D eigenvalue weighted by molar-refractivity contribution is 5.49. The molecule has 0 unspecified atom stereocenters. The average Bonchev–Trinajstić information content (AvgIpc) is 2.35. The van der Waals surface area contributed by atoms with Crippen molar-refractivity contribution in [3.63, 3.8) is 0 Å². The van der Waals surface area contributed by atoms with Gasteiger partial charge in [0.2, 0.25) is 0 Å². The number of aryl methyl sites for hydroxylation is 1. The van der Waals surface area contributed by atoms with Crippen molar-refractivity contribution in [3.8, 4) is 5.75 Å². The molecule has 2 N–H and O–H groups in total. The fourth-order valence-electron chi connectivity index (χ4n) is 2.46. The second-order valence-electron chi connectivity index (χ2n) is 5.54. The second-order valence-corrected chi connectivity index (χ2v) is 5.54. The molecule has 2 rings (SSSR count). The zero-order valence-electron chi connectivity index (χ0n) is 10.6. The summed E-state index contributed by atoms with van der Waals surface area (Å²) in [6.45, 7) is 9.38. The third-order valence-electron chi connectivity index (χ3n) is 3.72. The Balaban J connectivity index is 2.46. The van der Waals surface area contributed by atoms with Crippen LogP contribution in [0.3, 0.4) is 0 Å². The van der Waals surface area contributed by atoms with Crippen LogP contribution in [0.4, 0.5) is 0 Å². The predicted octanol–water partition coefficient (Wildman–Crippen LogP) is 2.82. The third kappa shape index (κ3) is 1.94. The van der Waals surface area contributed by atoms with Gasteiger partial charge in [-0.25, -0.2) is 0 Å². The van der Waals surface area contributed by atoms with Crippen LogP contribution in [-0.4, -0.2) is 10.6 Å². The monoisotopic (exact) mass is 219 g/mol. The Kier molecular flexibility index (Phi) is 2.70. The van der Waals surface area contributed by atoms with Crippen LogP contribution in [0.1, 0.15) is 42.5 Å². The minimum Gasteiger partial charge on any atom is -0.507 e. The molecule has 16 heavy (non-hydrogen) atoms. The maximum absolute atomic E-state index is 9.96. The highest BCUT2D eigenvalue weighted by Gasteiger charge is 2.23. The lowest BCUT2D eigenvalue weighted by Crippen LogP contribution is -2.37. The van der Waals surface area contributed by atoms with Gasteiger partial charge in [0.05, 0.1) is 0 Å². The molecule has 0 saturated carbocycles. The van der Waals surface area contributed by atoms with Crippen LogP contribution in [0.25, 0.3) is 0 Å². The summed E-state index contributed by atoms with van der Waals surface area (Å²) in [6, 6.07) is 2.12. The molecule has 0 radical (unpaired) electrons. The van der Waals surface area contributed by atoms with Crippen LogP contribution in [-0.2, 0) is 13.0 Å². The van der Waals surface area contributed by atoms with Crippen molar-refractivity contribution < 1.29 is 5.11 Å². The molecule has 0 atom stereocenters. The number of phenols is 1. The van der Waals surface area contributed by atoms with Crippen LogP contribution in [0, 0.1) is 13.8 Å². The molecular formula is C14H21NO. The highest BCUT2D eigenvalue weighted by Crippen LogP contribution is 2.32. The molecule has 1 aromatic carbocycles. The Morgan fingerprint density at radius 3 is 2.69 bits per heavy atom. The minimum absolute atomic E-state index is 0.189. The lowest BCUT2D eigenvalue weighted by Gasteiger charge is -2.23. The number of rotatable bonds is 0. The standard InChI is InChI=1S/C14H21NO/c1-9-7-11-8-15-14(3,4)6-5-12(11)10(2)13(9)16/h7,15-16H,5-6,8H2,1-4H3.